The number of hydrogen-bond acceptors (Lipinski definition) is 5. The molecule has 0 saturated carbocycles. The molecular weight excluding hydrogens is 485 g/mol. The Bertz CT molecular complexity index is 808. The van der Waals surface area contributed by atoms with Crippen molar-refractivity contribution in [2.24, 2.45) is 4.99 Å². The molecular formula is C20H32IN5O3. The van der Waals surface area contributed by atoms with Gasteiger partial charge in [-0.1, -0.05) is 0 Å². The van der Waals surface area contributed by atoms with Crippen LogP contribution in [-0.4, -0.2) is 50.2 Å². The Morgan fingerprint density at radius 1 is 1.21 bits per heavy atom. The number of nitrogens with one attached hydrogen (secondary N) is 2. The quantitative estimate of drug-likeness (QED) is 0.302. The highest BCUT2D eigenvalue weighted by Crippen LogP contribution is 2.30. The molecule has 1 heterocycles. The largest absolute Gasteiger partial charge is 0.493 e. The number of nitrogens with zero attached hydrogens (tertiary/aromatic N) is 3. The zero-order valence-corrected chi connectivity index (χ0v) is 20.4. The van der Waals surface area contributed by atoms with Crippen LogP contribution in [0.5, 0.6) is 11.5 Å². The molecule has 0 aliphatic heterocycles. The van der Waals surface area contributed by atoms with Crippen LogP contribution < -0.4 is 20.1 Å². The lowest BCUT2D eigenvalue weighted by Crippen LogP contribution is -2.30. The van der Waals surface area contributed by atoms with Gasteiger partial charge in [-0.05, 0) is 32.9 Å². The molecule has 0 aliphatic rings. The minimum Gasteiger partial charge on any atom is -0.493 e. The fraction of sp³-hybridized carbons (Fsp3) is 0.500. The van der Waals surface area contributed by atoms with Gasteiger partial charge in [0, 0.05) is 43.7 Å². The molecule has 0 spiro atoms. The molecule has 1 aromatic heterocycles. The van der Waals surface area contributed by atoms with E-state index in [1.807, 2.05) is 36.7 Å². The summed E-state index contributed by atoms with van der Waals surface area (Å²) in [7, 11) is 5.06. The van der Waals surface area contributed by atoms with Crippen LogP contribution in [0, 0.1) is 13.8 Å². The third kappa shape index (κ3) is 6.77. The average Bonchev–Trinajstić information content (AvgIpc) is 2.97. The van der Waals surface area contributed by atoms with E-state index in [1.165, 1.54) is 0 Å². The molecule has 0 unspecified atom stereocenters. The van der Waals surface area contributed by atoms with Gasteiger partial charge < -0.3 is 24.8 Å². The Balaban J connectivity index is 0.00000420. The molecule has 0 fully saturated rings. The summed E-state index contributed by atoms with van der Waals surface area (Å²) in [6.07, 6.45) is 0. The first-order valence-corrected chi connectivity index (χ1v) is 9.34. The molecule has 2 N–H and O–H groups in total. The molecule has 0 amide bonds. The predicted octanol–water partition coefficient (Wildman–Crippen LogP) is 3.36. The number of ether oxygens (including phenoxy) is 3. The molecule has 8 nitrogen and oxygen atoms in total. The molecule has 0 bridgehead atoms. The molecule has 162 valence electrons. The van der Waals surface area contributed by atoms with Gasteiger partial charge in [-0.15, -0.1) is 24.0 Å². The van der Waals surface area contributed by atoms with Crippen molar-refractivity contribution in [2.45, 2.75) is 33.9 Å². The van der Waals surface area contributed by atoms with Crippen LogP contribution >= 0.6 is 24.0 Å². The second kappa shape index (κ2) is 12.5. The van der Waals surface area contributed by atoms with Crippen LogP contribution in [0.4, 0.5) is 5.69 Å². The highest BCUT2D eigenvalue weighted by molar-refractivity contribution is 14.0. The monoisotopic (exact) mass is 517 g/mol. The summed E-state index contributed by atoms with van der Waals surface area (Å²) in [6, 6.07) is 5.70. The summed E-state index contributed by atoms with van der Waals surface area (Å²) in [6.45, 7) is 8.61. The Morgan fingerprint density at radius 3 is 2.59 bits per heavy atom. The number of aliphatic imine (C=N–C) groups is 1. The normalized spacial score (nSPS) is 11.0. The lowest BCUT2D eigenvalue weighted by atomic mass is 10.2. The van der Waals surface area contributed by atoms with Gasteiger partial charge in [0.1, 0.15) is 0 Å². The van der Waals surface area contributed by atoms with Crippen LogP contribution in [0.1, 0.15) is 23.9 Å². The van der Waals surface area contributed by atoms with Crippen molar-refractivity contribution in [1.29, 1.82) is 0 Å². The first-order chi connectivity index (χ1) is 13.5. The summed E-state index contributed by atoms with van der Waals surface area (Å²) in [5.74, 6) is 2.05. The van der Waals surface area contributed by atoms with E-state index in [4.69, 9.17) is 14.2 Å². The van der Waals surface area contributed by atoms with Crippen molar-refractivity contribution in [3.05, 3.63) is 35.2 Å². The van der Waals surface area contributed by atoms with E-state index < -0.39 is 0 Å². The second-order valence-electron chi connectivity index (χ2n) is 6.21. The van der Waals surface area contributed by atoms with Gasteiger partial charge in [0.25, 0.3) is 0 Å². The summed E-state index contributed by atoms with van der Waals surface area (Å²) >= 11 is 0. The van der Waals surface area contributed by atoms with Gasteiger partial charge in [-0.3, -0.25) is 9.67 Å². The van der Waals surface area contributed by atoms with E-state index in [1.54, 1.807) is 21.3 Å². The summed E-state index contributed by atoms with van der Waals surface area (Å²) in [4.78, 5) is 4.30. The Kier molecular flexibility index (Phi) is 10.8. The van der Waals surface area contributed by atoms with Gasteiger partial charge in [-0.25, -0.2) is 0 Å². The maximum atomic E-state index is 5.56. The highest BCUT2D eigenvalue weighted by atomic mass is 127. The Morgan fingerprint density at radius 2 is 1.97 bits per heavy atom. The molecule has 29 heavy (non-hydrogen) atoms. The van der Waals surface area contributed by atoms with Crippen LogP contribution in [0.25, 0.3) is 0 Å². The number of methoxy groups -OCH3 is 2. The van der Waals surface area contributed by atoms with Crippen molar-refractivity contribution in [3.63, 3.8) is 0 Å². The van der Waals surface area contributed by atoms with E-state index in [0.29, 0.717) is 37.2 Å². The van der Waals surface area contributed by atoms with Gasteiger partial charge in [0.15, 0.2) is 17.5 Å². The molecule has 9 heteroatoms. The van der Waals surface area contributed by atoms with E-state index in [-0.39, 0.29) is 24.0 Å². The predicted molar refractivity (Wildman–Crippen MR) is 127 cm³/mol. The van der Waals surface area contributed by atoms with Crippen molar-refractivity contribution < 1.29 is 14.2 Å². The summed E-state index contributed by atoms with van der Waals surface area (Å²) in [5.41, 5.74) is 4.14. The van der Waals surface area contributed by atoms with Crippen molar-refractivity contribution in [2.75, 3.05) is 39.8 Å². The molecule has 2 rings (SSSR count). The van der Waals surface area contributed by atoms with Gasteiger partial charge in [-0.2, -0.15) is 5.10 Å². The Hall–Kier alpha value is -2.01. The van der Waals surface area contributed by atoms with E-state index in [9.17, 15) is 0 Å². The fourth-order valence-corrected chi connectivity index (χ4v) is 2.89. The van der Waals surface area contributed by atoms with Gasteiger partial charge >= 0.3 is 0 Å². The molecule has 0 aliphatic carbocycles. The number of guanidine groups is 1. The number of rotatable bonds is 9. The maximum Gasteiger partial charge on any atom is 0.195 e. The first-order valence-electron chi connectivity index (χ1n) is 9.34. The number of benzene rings is 1. The van der Waals surface area contributed by atoms with Crippen LogP contribution in [-0.2, 0) is 17.8 Å². The smallest absolute Gasteiger partial charge is 0.195 e. The van der Waals surface area contributed by atoms with Gasteiger partial charge in [0.05, 0.1) is 32.6 Å². The summed E-state index contributed by atoms with van der Waals surface area (Å²) in [5, 5.41) is 11.2. The zero-order chi connectivity index (χ0) is 20.5. The third-order valence-electron chi connectivity index (χ3n) is 4.42. The molecule has 0 atom stereocenters. The zero-order valence-electron chi connectivity index (χ0n) is 18.0. The fourth-order valence-electron chi connectivity index (χ4n) is 2.89. The van der Waals surface area contributed by atoms with Crippen molar-refractivity contribution in [3.8, 4) is 11.5 Å². The van der Waals surface area contributed by atoms with Crippen LogP contribution in [0.2, 0.25) is 0 Å². The standard InChI is InChI=1S/C20H31N5O3.HI/c1-7-28-18-9-8-16(12-19(18)27-6)23-20(21-4)22-13-17-14(2)24-25(15(17)3)10-11-26-5;/h8-9,12H,7,10-11,13H2,1-6H3,(H2,21,22,23);1H. The minimum absolute atomic E-state index is 0. The number of aryl methyl sites for hydroxylation is 1. The number of halogens is 1. The highest BCUT2D eigenvalue weighted by Gasteiger charge is 2.12. The molecule has 2 aromatic rings. The number of hydrogen-bond donors (Lipinski definition) is 2. The topological polar surface area (TPSA) is 81.9 Å². The number of anilines is 1. The van der Waals surface area contributed by atoms with Crippen LogP contribution in [0.3, 0.4) is 0 Å². The van der Waals surface area contributed by atoms with Crippen LogP contribution in [0.15, 0.2) is 23.2 Å². The van der Waals surface area contributed by atoms with E-state index in [0.717, 1.165) is 29.2 Å². The van der Waals surface area contributed by atoms with E-state index in [2.05, 4.69) is 27.6 Å². The molecule has 0 saturated heterocycles. The summed E-state index contributed by atoms with van der Waals surface area (Å²) < 4.78 is 18.1. The van der Waals surface area contributed by atoms with E-state index >= 15 is 0 Å². The SMILES string of the molecule is CCOc1ccc(NC(=NC)NCc2c(C)nn(CCOC)c2C)cc1OC.I. The lowest BCUT2D eigenvalue weighted by Gasteiger charge is -2.15. The minimum atomic E-state index is 0. The maximum absolute atomic E-state index is 5.56. The molecule has 0 radical (unpaired) electrons. The number of aromatic nitrogens is 2. The average molecular weight is 517 g/mol. The van der Waals surface area contributed by atoms with Gasteiger partial charge in [0.2, 0.25) is 0 Å². The van der Waals surface area contributed by atoms with Crippen molar-refractivity contribution >= 4 is 35.6 Å². The first kappa shape index (κ1) is 25.0. The molecule has 1 aromatic carbocycles. The Labute approximate surface area is 190 Å². The second-order valence-corrected chi connectivity index (χ2v) is 6.21. The van der Waals surface area contributed by atoms with Crippen molar-refractivity contribution in [1.82, 2.24) is 15.1 Å². The lowest BCUT2D eigenvalue weighted by molar-refractivity contribution is 0.182. The third-order valence-corrected chi connectivity index (χ3v) is 4.42.